The number of rotatable bonds is 3. The van der Waals surface area contributed by atoms with E-state index >= 15 is 0 Å². The van der Waals surface area contributed by atoms with Gasteiger partial charge in [0, 0.05) is 13.1 Å². The van der Waals surface area contributed by atoms with Crippen LogP contribution in [0.15, 0.2) is 0 Å². The molecule has 0 radical (unpaired) electrons. The smallest absolute Gasteiger partial charge is 0.323 e. The molecule has 1 saturated heterocycles. The predicted octanol–water partition coefficient (Wildman–Crippen LogP) is -0.523. The first-order valence-electron chi connectivity index (χ1n) is 6.10. The summed E-state index contributed by atoms with van der Waals surface area (Å²) in [5, 5.41) is 0. The minimum Gasteiger partial charge on any atom is -0.464 e. The Morgan fingerprint density at radius 3 is 2.79 bits per heavy atom. The lowest BCUT2D eigenvalue weighted by molar-refractivity contribution is 0.312. The van der Waals surface area contributed by atoms with Crippen LogP contribution < -0.4 is 15.4 Å². The molecule has 9 heteroatoms. The van der Waals surface area contributed by atoms with Gasteiger partial charge in [-0.15, -0.1) is 0 Å². The molecule has 19 heavy (non-hydrogen) atoms. The number of ether oxygens (including phenoxy) is 1. The maximum atomic E-state index is 11.6. The van der Waals surface area contributed by atoms with E-state index in [0.717, 1.165) is 0 Å². The van der Waals surface area contributed by atoms with Crippen molar-refractivity contribution in [2.75, 3.05) is 41.8 Å². The fourth-order valence-electron chi connectivity index (χ4n) is 1.83. The van der Waals surface area contributed by atoms with Gasteiger partial charge in [-0.25, -0.2) is 8.42 Å². The second-order valence-corrected chi connectivity index (χ2v) is 6.51. The van der Waals surface area contributed by atoms with Crippen molar-refractivity contribution in [3.63, 3.8) is 0 Å². The highest BCUT2D eigenvalue weighted by atomic mass is 32.2. The third-order valence-electron chi connectivity index (χ3n) is 2.73. The van der Waals surface area contributed by atoms with Crippen LogP contribution in [0.4, 0.5) is 11.9 Å². The number of aromatic nitrogens is 3. The van der Waals surface area contributed by atoms with Crippen LogP contribution in [0.1, 0.15) is 13.3 Å². The first kappa shape index (κ1) is 13.8. The molecule has 2 N–H and O–H groups in total. The molecular weight excluding hydrogens is 270 g/mol. The lowest BCUT2D eigenvalue weighted by Gasteiger charge is -2.19. The first-order chi connectivity index (χ1) is 9.00. The molecule has 1 aliphatic rings. The summed E-state index contributed by atoms with van der Waals surface area (Å²) in [7, 11) is -2.97. The molecule has 0 spiro atoms. The Balaban J connectivity index is 2.21. The fourth-order valence-corrected chi connectivity index (χ4v) is 3.11. The van der Waals surface area contributed by atoms with E-state index in [1.807, 2.05) is 6.92 Å². The molecule has 0 unspecified atom stereocenters. The van der Waals surface area contributed by atoms with Gasteiger partial charge in [-0.1, -0.05) is 0 Å². The van der Waals surface area contributed by atoms with E-state index in [4.69, 9.17) is 10.5 Å². The number of nitrogens with zero attached hydrogens (tertiary/aromatic N) is 4. The highest BCUT2D eigenvalue weighted by molar-refractivity contribution is 7.91. The molecule has 1 aromatic rings. The lowest BCUT2D eigenvalue weighted by atomic mass is 10.4. The third kappa shape index (κ3) is 3.66. The molecule has 0 amide bonds. The number of sulfone groups is 1. The Bertz CT molecular complexity index is 548. The fraction of sp³-hybridized carbons (Fsp3) is 0.700. The zero-order chi connectivity index (χ0) is 13.9. The van der Waals surface area contributed by atoms with Crippen LogP contribution in [-0.2, 0) is 9.84 Å². The van der Waals surface area contributed by atoms with Gasteiger partial charge in [-0.05, 0) is 13.3 Å². The summed E-state index contributed by atoms with van der Waals surface area (Å²) < 4.78 is 28.3. The van der Waals surface area contributed by atoms with Gasteiger partial charge in [-0.3, -0.25) is 0 Å². The summed E-state index contributed by atoms with van der Waals surface area (Å²) in [6, 6.07) is 0.164. The van der Waals surface area contributed by atoms with E-state index in [-0.39, 0.29) is 23.5 Å². The Morgan fingerprint density at radius 2 is 2.05 bits per heavy atom. The van der Waals surface area contributed by atoms with Crippen LogP contribution in [0.2, 0.25) is 0 Å². The number of hydrogen-bond donors (Lipinski definition) is 1. The Labute approximate surface area is 111 Å². The van der Waals surface area contributed by atoms with E-state index < -0.39 is 9.84 Å². The molecule has 1 fully saturated rings. The van der Waals surface area contributed by atoms with Crippen molar-refractivity contribution < 1.29 is 13.2 Å². The molecule has 0 aromatic carbocycles. The van der Waals surface area contributed by atoms with E-state index in [9.17, 15) is 8.42 Å². The predicted molar refractivity (Wildman–Crippen MR) is 70.9 cm³/mol. The van der Waals surface area contributed by atoms with Crippen molar-refractivity contribution in [2.45, 2.75) is 13.3 Å². The maximum Gasteiger partial charge on any atom is 0.323 e. The average Bonchev–Trinajstić information content (AvgIpc) is 2.50. The van der Waals surface area contributed by atoms with Crippen molar-refractivity contribution >= 4 is 21.7 Å². The summed E-state index contributed by atoms with van der Waals surface area (Å²) in [4.78, 5) is 13.8. The van der Waals surface area contributed by atoms with E-state index in [2.05, 4.69) is 15.0 Å². The second-order valence-electron chi connectivity index (χ2n) is 4.20. The molecule has 2 rings (SSSR count). The van der Waals surface area contributed by atoms with E-state index in [1.165, 1.54) is 0 Å². The van der Waals surface area contributed by atoms with Crippen LogP contribution in [0.3, 0.4) is 0 Å². The van der Waals surface area contributed by atoms with Crippen molar-refractivity contribution in [1.29, 1.82) is 0 Å². The van der Waals surface area contributed by atoms with Crippen LogP contribution >= 0.6 is 0 Å². The molecule has 0 aliphatic carbocycles. The molecule has 0 atom stereocenters. The second kappa shape index (κ2) is 5.55. The monoisotopic (exact) mass is 287 g/mol. The molecule has 0 saturated carbocycles. The van der Waals surface area contributed by atoms with Crippen LogP contribution in [0.25, 0.3) is 0 Å². The summed E-state index contributed by atoms with van der Waals surface area (Å²) in [6.07, 6.45) is 0.553. The quantitative estimate of drug-likeness (QED) is 0.790. The van der Waals surface area contributed by atoms with Gasteiger partial charge in [0.15, 0.2) is 9.84 Å². The normalized spacial score (nSPS) is 18.9. The molecule has 106 valence electrons. The average molecular weight is 287 g/mol. The Hall–Kier alpha value is -1.64. The maximum absolute atomic E-state index is 11.6. The summed E-state index contributed by atoms with van der Waals surface area (Å²) in [5.41, 5.74) is 5.60. The molecule has 1 aliphatic heterocycles. The number of anilines is 2. The lowest BCUT2D eigenvalue weighted by Crippen LogP contribution is -2.29. The Kier molecular flexibility index (Phi) is 4.03. The van der Waals surface area contributed by atoms with Gasteiger partial charge in [-0.2, -0.15) is 15.0 Å². The number of hydrogen-bond acceptors (Lipinski definition) is 8. The van der Waals surface area contributed by atoms with Crippen molar-refractivity contribution in [1.82, 2.24) is 15.0 Å². The molecule has 8 nitrogen and oxygen atoms in total. The van der Waals surface area contributed by atoms with Gasteiger partial charge < -0.3 is 15.4 Å². The van der Waals surface area contributed by atoms with Gasteiger partial charge in [0.1, 0.15) is 0 Å². The van der Waals surface area contributed by atoms with Crippen molar-refractivity contribution in [2.24, 2.45) is 0 Å². The van der Waals surface area contributed by atoms with Crippen molar-refractivity contribution in [3.05, 3.63) is 0 Å². The van der Waals surface area contributed by atoms with E-state index in [0.29, 0.717) is 32.1 Å². The van der Waals surface area contributed by atoms with Crippen LogP contribution in [0.5, 0.6) is 6.01 Å². The summed E-state index contributed by atoms with van der Waals surface area (Å²) in [5.74, 6) is 0.735. The zero-order valence-corrected chi connectivity index (χ0v) is 11.6. The zero-order valence-electron chi connectivity index (χ0n) is 10.7. The Morgan fingerprint density at radius 1 is 1.26 bits per heavy atom. The minimum atomic E-state index is -2.97. The van der Waals surface area contributed by atoms with Crippen molar-refractivity contribution in [3.8, 4) is 6.01 Å². The minimum absolute atomic E-state index is 0.0700. The largest absolute Gasteiger partial charge is 0.464 e. The highest BCUT2D eigenvalue weighted by Crippen LogP contribution is 2.16. The van der Waals surface area contributed by atoms with Gasteiger partial charge in [0.2, 0.25) is 11.9 Å². The van der Waals surface area contributed by atoms with Gasteiger partial charge in [0.25, 0.3) is 0 Å². The first-order valence-corrected chi connectivity index (χ1v) is 7.92. The highest BCUT2D eigenvalue weighted by Gasteiger charge is 2.21. The van der Waals surface area contributed by atoms with Crippen LogP contribution in [-0.4, -0.2) is 54.6 Å². The SMILES string of the molecule is CCOc1nc(N)nc(N2CCCS(=O)(=O)CC2)n1. The van der Waals surface area contributed by atoms with Crippen LogP contribution in [0, 0.1) is 0 Å². The number of nitrogens with two attached hydrogens (primary N) is 1. The molecule has 2 heterocycles. The van der Waals surface area contributed by atoms with E-state index in [1.54, 1.807) is 4.90 Å². The molecule has 1 aromatic heterocycles. The molecular formula is C10H17N5O3S. The van der Waals surface area contributed by atoms with Gasteiger partial charge in [0.05, 0.1) is 18.1 Å². The van der Waals surface area contributed by atoms with Gasteiger partial charge >= 0.3 is 6.01 Å². The standard InChI is InChI=1S/C10H17N5O3S/c1-2-18-10-13-8(11)12-9(14-10)15-4-3-6-19(16,17)7-5-15/h2-7H2,1H3,(H2,11,12,13,14). The molecule has 0 bridgehead atoms. The summed E-state index contributed by atoms with van der Waals surface area (Å²) in [6.45, 7) is 3.18. The topological polar surface area (TPSA) is 111 Å². The third-order valence-corrected chi connectivity index (χ3v) is 4.45. The summed E-state index contributed by atoms with van der Waals surface area (Å²) >= 11 is 0. The number of nitrogen functional groups attached to an aromatic ring is 1.